The minimum Gasteiger partial charge on any atom is -0.483 e. The minimum absolute atomic E-state index is 0.0550. The first-order chi connectivity index (χ1) is 30.4. The third-order valence-corrected chi connectivity index (χ3v) is 11.8. The molecule has 15 heteroatoms. The van der Waals surface area contributed by atoms with Crippen molar-refractivity contribution in [2.24, 2.45) is 0 Å². The van der Waals surface area contributed by atoms with Crippen LogP contribution in [0.15, 0.2) is 54.9 Å². The predicted octanol–water partition coefficient (Wildman–Crippen LogP) is 11.9. The average molecular weight is 888 g/mol. The Morgan fingerprint density at radius 3 is 1.97 bits per heavy atom. The fourth-order valence-electron chi connectivity index (χ4n) is 7.05. The summed E-state index contributed by atoms with van der Waals surface area (Å²) in [6.07, 6.45) is 23.2. The van der Waals surface area contributed by atoms with Crippen LogP contribution < -0.4 is 15.0 Å². The van der Waals surface area contributed by atoms with Gasteiger partial charge in [-0.1, -0.05) is 127 Å². The Balaban J connectivity index is 1.31. The molecule has 0 radical (unpaired) electrons. The molecular formula is C47H63ClN7O6P. The molecule has 2 aromatic heterocycles. The summed E-state index contributed by atoms with van der Waals surface area (Å²) in [6.45, 7) is 4.59. The van der Waals surface area contributed by atoms with Crippen molar-refractivity contribution in [3.63, 3.8) is 0 Å². The van der Waals surface area contributed by atoms with E-state index in [0.29, 0.717) is 41.6 Å². The highest BCUT2D eigenvalue weighted by Gasteiger charge is 2.25. The molecule has 0 spiro atoms. The summed E-state index contributed by atoms with van der Waals surface area (Å²) in [5.41, 5.74) is 8.78. The Bertz CT molecular complexity index is 2000. The molecular weight excluding hydrogens is 825 g/mol. The molecule has 0 fully saturated rings. The summed E-state index contributed by atoms with van der Waals surface area (Å²) >= 11 is 6.46. The van der Waals surface area contributed by atoms with Gasteiger partial charge in [0.2, 0.25) is 0 Å². The van der Waals surface area contributed by atoms with Gasteiger partial charge in [-0.3, -0.25) is 9.05 Å². The van der Waals surface area contributed by atoms with E-state index in [1.807, 2.05) is 19.1 Å². The molecule has 0 aliphatic heterocycles. The number of nitrogens with zero attached hydrogens (tertiary/aromatic N) is 6. The van der Waals surface area contributed by atoms with E-state index in [0.717, 1.165) is 30.5 Å². The average Bonchev–Trinajstić information content (AvgIpc) is 3.70. The van der Waals surface area contributed by atoms with E-state index in [9.17, 15) is 15.8 Å². The number of aryl methyl sites for hydroxylation is 2. The van der Waals surface area contributed by atoms with E-state index in [1.165, 1.54) is 89.8 Å². The number of aromatic nitrogens is 3. The second-order valence-electron chi connectivity index (χ2n) is 15.5. The lowest BCUT2D eigenvalue weighted by molar-refractivity contribution is 0.0175. The summed E-state index contributed by atoms with van der Waals surface area (Å²) in [4.78, 5) is 4.04. The van der Waals surface area contributed by atoms with Crippen LogP contribution in [0.5, 0.6) is 11.5 Å². The zero-order chi connectivity index (χ0) is 44.2. The molecule has 2 aromatic carbocycles. The van der Waals surface area contributed by atoms with E-state index in [4.69, 9.17) is 45.1 Å². The van der Waals surface area contributed by atoms with Crippen LogP contribution in [-0.2, 0) is 24.9 Å². The normalized spacial score (nSPS) is 12.6. The minimum atomic E-state index is -2.14. The quantitative estimate of drug-likeness (QED) is 0.0272. The van der Waals surface area contributed by atoms with Crippen molar-refractivity contribution >= 4 is 31.5 Å². The fraction of sp³-hybridized carbons (Fsp3) is 0.553. The Morgan fingerprint density at radius 1 is 0.774 bits per heavy atom. The van der Waals surface area contributed by atoms with Crippen LogP contribution >= 0.6 is 20.2 Å². The van der Waals surface area contributed by atoms with Gasteiger partial charge in [-0.05, 0) is 68.1 Å². The molecule has 2 heterocycles. The van der Waals surface area contributed by atoms with Crippen LogP contribution in [0.3, 0.4) is 0 Å². The summed E-state index contributed by atoms with van der Waals surface area (Å²) in [6, 6.07) is 18.3. The fourth-order valence-corrected chi connectivity index (χ4v) is 8.35. The number of ether oxygens (including phenoxy) is 3. The van der Waals surface area contributed by atoms with Gasteiger partial charge in [0.1, 0.15) is 41.9 Å². The number of hydrogen-bond acceptors (Lipinski definition) is 12. The number of halogens is 1. The molecule has 334 valence electrons. The van der Waals surface area contributed by atoms with Gasteiger partial charge in [0.15, 0.2) is 11.6 Å². The maximum Gasteiger partial charge on any atom is 0.397 e. The summed E-state index contributed by atoms with van der Waals surface area (Å²) < 4.78 is 38.2. The molecule has 0 aliphatic rings. The lowest BCUT2D eigenvalue weighted by atomic mass is 10.0. The molecule has 4 rings (SSSR count). The first-order valence-electron chi connectivity index (χ1n) is 22.2. The standard InChI is InChI=1S/C47H63ClN7O6P/c1-3-4-5-6-7-8-9-10-11-12-13-14-15-16-17-20-27-56-32-42(60-46-38(30-49)28-37(2)29-39(46)31-50)34-59-62(61-45-22-19-18-21-43(45)48)58-33-41(57-35-51)25-23-40-24-26-44-47(52)53-36-54-55(40)44/h18-19,21-22,24,26,28-29,36,41-42H,3-17,20,23,25,27,32-34H2,1-2H3,(H2,52,53,54). The van der Waals surface area contributed by atoms with Crippen molar-refractivity contribution in [3.8, 4) is 29.9 Å². The molecule has 0 bridgehead atoms. The number of hydrogen-bond donors (Lipinski definition) is 1. The van der Waals surface area contributed by atoms with Gasteiger partial charge in [-0.2, -0.15) is 20.9 Å². The highest BCUT2D eigenvalue weighted by Crippen LogP contribution is 2.43. The van der Waals surface area contributed by atoms with Crippen molar-refractivity contribution in [2.75, 3.05) is 32.2 Å². The van der Waals surface area contributed by atoms with Crippen molar-refractivity contribution < 1.29 is 27.8 Å². The molecule has 3 unspecified atom stereocenters. The second-order valence-corrected chi connectivity index (χ2v) is 17.1. The molecule has 62 heavy (non-hydrogen) atoms. The van der Waals surface area contributed by atoms with E-state index >= 15 is 0 Å². The van der Waals surface area contributed by atoms with Crippen molar-refractivity contribution in [2.45, 2.75) is 142 Å². The molecule has 4 aromatic rings. The number of anilines is 1. The molecule has 0 saturated heterocycles. The monoisotopic (exact) mass is 887 g/mol. The molecule has 13 nitrogen and oxygen atoms in total. The van der Waals surface area contributed by atoms with Gasteiger partial charge < -0.3 is 24.5 Å². The van der Waals surface area contributed by atoms with Crippen molar-refractivity contribution in [1.29, 1.82) is 15.8 Å². The summed E-state index contributed by atoms with van der Waals surface area (Å²) in [7, 11) is -2.14. The topological polar surface area (TPSA) is 183 Å². The molecule has 3 atom stereocenters. The number of nitriles is 3. The van der Waals surface area contributed by atoms with E-state index < -0.39 is 20.8 Å². The number of benzene rings is 2. The van der Waals surface area contributed by atoms with Crippen LogP contribution in [0, 0.1) is 41.1 Å². The molecule has 0 amide bonds. The SMILES string of the molecule is CCCCCCCCCCCCCCCCCCOCC(COP(OCC(CCc1ccc2c(N)ncnn12)OC#N)Oc1ccccc1Cl)Oc1c(C#N)cc(C)cc1C#N. The van der Waals surface area contributed by atoms with Gasteiger partial charge in [-0.15, -0.1) is 0 Å². The van der Waals surface area contributed by atoms with E-state index in [-0.39, 0.29) is 36.7 Å². The Hall–Kier alpha value is -4.67. The van der Waals surface area contributed by atoms with Gasteiger partial charge in [-0.25, -0.2) is 9.50 Å². The molecule has 0 saturated carbocycles. The van der Waals surface area contributed by atoms with Crippen LogP contribution in [-0.4, -0.2) is 53.2 Å². The lowest BCUT2D eigenvalue weighted by Crippen LogP contribution is -2.29. The second kappa shape index (κ2) is 29.6. The third kappa shape index (κ3) is 18.0. The summed E-state index contributed by atoms with van der Waals surface area (Å²) in [5, 5.41) is 34.1. The maximum atomic E-state index is 9.96. The number of nitrogen functional groups attached to an aromatic ring is 1. The van der Waals surface area contributed by atoms with Gasteiger partial charge in [0.25, 0.3) is 6.26 Å². The van der Waals surface area contributed by atoms with Crippen LogP contribution in [0.2, 0.25) is 5.02 Å². The number of rotatable bonds is 33. The van der Waals surface area contributed by atoms with Gasteiger partial charge in [0, 0.05) is 12.3 Å². The van der Waals surface area contributed by atoms with Crippen molar-refractivity contribution in [1.82, 2.24) is 14.6 Å². The Morgan fingerprint density at radius 2 is 1.37 bits per heavy atom. The van der Waals surface area contributed by atoms with E-state index in [1.54, 1.807) is 47.2 Å². The number of para-hydroxylation sites is 1. The summed E-state index contributed by atoms with van der Waals surface area (Å²) in [5.74, 6) is 0.857. The zero-order valence-corrected chi connectivity index (χ0v) is 38.1. The number of unbranched alkanes of at least 4 members (excludes halogenated alkanes) is 15. The first kappa shape index (κ1) is 50.0. The van der Waals surface area contributed by atoms with Gasteiger partial charge >= 0.3 is 8.60 Å². The Labute approximate surface area is 374 Å². The van der Waals surface area contributed by atoms with Crippen molar-refractivity contribution in [3.05, 3.63) is 82.3 Å². The number of nitrogens with two attached hydrogens (primary N) is 1. The molecule has 2 N–H and O–H groups in total. The predicted molar refractivity (Wildman–Crippen MR) is 243 cm³/mol. The lowest BCUT2D eigenvalue weighted by Gasteiger charge is -2.24. The zero-order valence-electron chi connectivity index (χ0n) is 36.4. The largest absolute Gasteiger partial charge is 0.483 e. The molecule has 0 aliphatic carbocycles. The highest BCUT2D eigenvalue weighted by atomic mass is 35.5. The number of fused-ring (bicyclic) bond motifs is 1. The highest BCUT2D eigenvalue weighted by molar-refractivity contribution is 7.42. The van der Waals surface area contributed by atoms with Crippen LogP contribution in [0.1, 0.15) is 138 Å². The smallest absolute Gasteiger partial charge is 0.397 e. The third-order valence-electron chi connectivity index (χ3n) is 10.4. The maximum absolute atomic E-state index is 9.96. The van der Waals surface area contributed by atoms with Gasteiger partial charge in [0.05, 0.1) is 36.0 Å². The van der Waals surface area contributed by atoms with E-state index in [2.05, 4.69) is 29.1 Å². The first-order valence-corrected chi connectivity index (χ1v) is 23.6. The van der Waals surface area contributed by atoms with Crippen LogP contribution in [0.4, 0.5) is 5.82 Å². The van der Waals surface area contributed by atoms with Crippen LogP contribution in [0.25, 0.3) is 5.52 Å². The Kier molecular flexibility index (Phi) is 23.9.